The van der Waals surface area contributed by atoms with Crippen LogP contribution in [0.25, 0.3) is 10.2 Å². The minimum absolute atomic E-state index is 0.0503. The summed E-state index contributed by atoms with van der Waals surface area (Å²) in [6.07, 6.45) is 1.48. The fourth-order valence-electron chi connectivity index (χ4n) is 1.96. The molecule has 0 aliphatic rings. The first-order chi connectivity index (χ1) is 10.1. The average Bonchev–Trinajstić information content (AvgIpc) is 2.84. The normalized spacial score (nSPS) is 10.8. The Hall–Kier alpha value is -2.18. The number of hydrogen-bond donors (Lipinski definition) is 2. The zero-order valence-corrected chi connectivity index (χ0v) is 12.5. The van der Waals surface area contributed by atoms with Crippen LogP contribution < -0.4 is 5.32 Å². The predicted octanol–water partition coefficient (Wildman–Crippen LogP) is 4.09. The van der Waals surface area contributed by atoms with E-state index < -0.39 is 5.97 Å². The van der Waals surface area contributed by atoms with Gasteiger partial charge in [0.1, 0.15) is 6.33 Å². The van der Waals surface area contributed by atoms with E-state index >= 15 is 0 Å². The average molecular weight is 320 g/mol. The first kappa shape index (κ1) is 13.8. The minimum atomic E-state index is -1.07. The number of carboxylic acid groups (broad SMARTS) is 1. The Morgan fingerprint density at radius 2 is 2.19 bits per heavy atom. The standard InChI is InChI=1S/C14H10ClN3O2S/c1-7-5-21-12-11(7)16-6-17-13(12)18-8-2-3-10(15)9(4-8)14(19)20/h2-6H,1H3,(H,19,20)(H,16,17,18). The maximum Gasteiger partial charge on any atom is 0.337 e. The van der Waals surface area contributed by atoms with E-state index in [1.165, 1.54) is 12.4 Å². The summed E-state index contributed by atoms with van der Waals surface area (Å²) in [7, 11) is 0. The Labute approximate surface area is 129 Å². The van der Waals surface area contributed by atoms with Gasteiger partial charge in [-0.15, -0.1) is 11.3 Å². The Morgan fingerprint density at radius 3 is 2.95 bits per heavy atom. The van der Waals surface area contributed by atoms with Gasteiger partial charge in [0.15, 0.2) is 5.82 Å². The fraction of sp³-hybridized carbons (Fsp3) is 0.0714. The molecule has 3 rings (SSSR count). The number of nitrogens with one attached hydrogen (secondary N) is 1. The highest BCUT2D eigenvalue weighted by molar-refractivity contribution is 7.18. The minimum Gasteiger partial charge on any atom is -0.478 e. The molecule has 5 nitrogen and oxygen atoms in total. The lowest BCUT2D eigenvalue weighted by Gasteiger charge is -2.08. The van der Waals surface area contributed by atoms with Gasteiger partial charge >= 0.3 is 5.97 Å². The van der Waals surface area contributed by atoms with Gasteiger partial charge in [-0.05, 0) is 36.1 Å². The van der Waals surface area contributed by atoms with Crippen molar-refractivity contribution in [2.75, 3.05) is 5.32 Å². The van der Waals surface area contributed by atoms with Crippen molar-refractivity contribution in [1.82, 2.24) is 9.97 Å². The first-order valence-electron chi connectivity index (χ1n) is 6.05. The molecule has 0 unspecified atom stereocenters. The van der Waals surface area contributed by atoms with Gasteiger partial charge in [0.25, 0.3) is 0 Å². The van der Waals surface area contributed by atoms with Crippen LogP contribution in [0, 0.1) is 6.92 Å². The van der Waals surface area contributed by atoms with Crippen LogP contribution in [-0.4, -0.2) is 21.0 Å². The summed E-state index contributed by atoms with van der Waals surface area (Å²) in [4.78, 5) is 19.6. The van der Waals surface area contributed by atoms with Crippen LogP contribution in [0.1, 0.15) is 15.9 Å². The van der Waals surface area contributed by atoms with E-state index in [4.69, 9.17) is 16.7 Å². The number of benzene rings is 1. The lowest BCUT2D eigenvalue weighted by molar-refractivity contribution is 0.0697. The van der Waals surface area contributed by atoms with Crippen molar-refractivity contribution in [2.24, 2.45) is 0 Å². The van der Waals surface area contributed by atoms with Crippen LogP contribution in [0.2, 0.25) is 5.02 Å². The molecule has 0 bridgehead atoms. The lowest BCUT2D eigenvalue weighted by Crippen LogP contribution is -2.00. The molecule has 106 valence electrons. The summed E-state index contributed by atoms with van der Waals surface area (Å²) >= 11 is 7.40. The molecule has 21 heavy (non-hydrogen) atoms. The highest BCUT2D eigenvalue weighted by Gasteiger charge is 2.12. The molecule has 0 radical (unpaired) electrons. The Bertz CT molecular complexity index is 847. The molecule has 0 aliphatic heterocycles. The van der Waals surface area contributed by atoms with E-state index in [9.17, 15) is 4.79 Å². The van der Waals surface area contributed by atoms with Crippen molar-refractivity contribution in [3.8, 4) is 0 Å². The summed E-state index contributed by atoms with van der Waals surface area (Å²) in [5.74, 6) is -0.416. The number of carbonyl (C=O) groups is 1. The van der Waals surface area contributed by atoms with Crippen molar-refractivity contribution in [3.05, 3.63) is 46.1 Å². The number of fused-ring (bicyclic) bond motifs is 1. The van der Waals surface area contributed by atoms with Gasteiger partial charge < -0.3 is 10.4 Å². The molecule has 7 heteroatoms. The summed E-state index contributed by atoms with van der Waals surface area (Å²) in [5.41, 5.74) is 2.64. The van der Waals surface area contributed by atoms with Crippen LogP contribution in [-0.2, 0) is 0 Å². The van der Waals surface area contributed by atoms with E-state index in [1.807, 2.05) is 12.3 Å². The van der Waals surface area contributed by atoms with Crippen LogP contribution in [0.4, 0.5) is 11.5 Å². The van der Waals surface area contributed by atoms with Crippen LogP contribution in [0.15, 0.2) is 29.9 Å². The van der Waals surface area contributed by atoms with Gasteiger partial charge in [-0.3, -0.25) is 0 Å². The zero-order chi connectivity index (χ0) is 15.0. The van der Waals surface area contributed by atoms with Crippen LogP contribution in [0.3, 0.4) is 0 Å². The topological polar surface area (TPSA) is 75.1 Å². The van der Waals surface area contributed by atoms with E-state index in [1.54, 1.807) is 23.5 Å². The smallest absolute Gasteiger partial charge is 0.337 e. The second kappa shape index (κ2) is 5.31. The molecule has 0 saturated heterocycles. The number of anilines is 2. The fourth-order valence-corrected chi connectivity index (χ4v) is 3.11. The van der Waals surface area contributed by atoms with E-state index in [0.717, 1.165) is 15.8 Å². The molecule has 0 amide bonds. The number of aromatic carboxylic acids is 1. The maximum atomic E-state index is 11.1. The molecule has 0 atom stereocenters. The van der Waals surface area contributed by atoms with Crippen molar-refractivity contribution < 1.29 is 9.90 Å². The molecular formula is C14H10ClN3O2S. The first-order valence-corrected chi connectivity index (χ1v) is 7.30. The highest BCUT2D eigenvalue weighted by Crippen LogP contribution is 2.31. The molecule has 2 heterocycles. The molecule has 0 spiro atoms. The van der Waals surface area contributed by atoms with Crippen LogP contribution >= 0.6 is 22.9 Å². The Morgan fingerprint density at radius 1 is 1.38 bits per heavy atom. The second-order valence-corrected chi connectivity index (χ2v) is 5.73. The number of aryl methyl sites for hydroxylation is 1. The number of hydrogen-bond acceptors (Lipinski definition) is 5. The zero-order valence-electron chi connectivity index (χ0n) is 10.9. The quantitative estimate of drug-likeness (QED) is 0.760. The number of aromatic nitrogens is 2. The molecular weight excluding hydrogens is 310 g/mol. The molecule has 1 aromatic carbocycles. The van der Waals surface area contributed by atoms with Crippen molar-refractivity contribution in [3.63, 3.8) is 0 Å². The Kier molecular flexibility index (Phi) is 3.48. The SMILES string of the molecule is Cc1csc2c(Nc3ccc(Cl)c(C(=O)O)c3)ncnc12. The molecule has 0 fully saturated rings. The number of rotatable bonds is 3. The number of nitrogens with zero attached hydrogens (tertiary/aromatic N) is 2. The Balaban J connectivity index is 2.03. The molecule has 0 aliphatic carbocycles. The van der Waals surface area contributed by atoms with Crippen LogP contribution in [0.5, 0.6) is 0 Å². The van der Waals surface area contributed by atoms with Gasteiger partial charge in [-0.25, -0.2) is 14.8 Å². The molecule has 2 N–H and O–H groups in total. The third-order valence-corrected chi connectivity index (χ3v) is 4.41. The molecule has 3 aromatic rings. The van der Waals surface area contributed by atoms with Crippen molar-refractivity contribution in [1.29, 1.82) is 0 Å². The number of halogens is 1. The van der Waals surface area contributed by atoms with Crippen molar-refractivity contribution >= 4 is 50.6 Å². The highest BCUT2D eigenvalue weighted by atomic mass is 35.5. The summed E-state index contributed by atoms with van der Waals surface area (Å²) in [5, 5.41) is 14.4. The molecule has 2 aromatic heterocycles. The third kappa shape index (κ3) is 2.55. The van der Waals surface area contributed by atoms with Crippen molar-refractivity contribution in [2.45, 2.75) is 6.92 Å². The molecule has 0 saturated carbocycles. The van der Waals surface area contributed by atoms with Gasteiger partial charge in [0.2, 0.25) is 0 Å². The monoisotopic (exact) mass is 319 g/mol. The van der Waals surface area contributed by atoms with E-state index in [-0.39, 0.29) is 10.6 Å². The van der Waals surface area contributed by atoms with Gasteiger partial charge in [-0.1, -0.05) is 11.6 Å². The summed E-state index contributed by atoms with van der Waals surface area (Å²) < 4.78 is 0.932. The largest absolute Gasteiger partial charge is 0.478 e. The van der Waals surface area contributed by atoms with E-state index in [0.29, 0.717) is 11.5 Å². The number of carboxylic acids is 1. The van der Waals surface area contributed by atoms with E-state index in [2.05, 4.69) is 15.3 Å². The summed E-state index contributed by atoms with van der Waals surface area (Å²) in [6, 6.07) is 4.74. The van der Waals surface area contributed by atoms with Gasteiger partial charge in [0.05, 0.1) is 20.8 Å². The third-order valence-electron chi connectivity index (χ3n) is 2.99. The van der Waals surface area contributed by atoms with Gasteiger partial charge in [-0.2, -0.15) is 0 Å². The number of thiophene rings is 1. The maximum absolute atomic E-state index is 11.1. The van der Waals surface area contributed by atoms with Gasteiger partial charge in [0, 0.05) is 5.69 Å². The second-order valence-electron chi connectivity index (χ2n) is 4.44. The predicted molar refractivity (Wildman–Crippen MR) is 83.8 cm³/mol. The summed E-state index contributed by atoms with van der Waals surface area (Å²) in [6.45, 7) is 1.99. The lowest BCUT2D eigenvalue weighted by atomic mass is 10.2.